The fourth-order valence-electron chi connectivity index (χ4n) is 2.73. The number of hydrogen-bond acceptors (Lipinski definition) is 5. The van der Waals surface area contributed by atoms with Crippen LogP contribution in [0.15, 0.2) is 23.3 Å². The second-order valence-corrected chi connectivity index (χ2v) is 5.54. The largest absolute Gasteiger partial charge is 0.377 e. The molecule has 122 valence electrons. The highest BCUT2D eigenvalue weighted by Gasteiger charge is 2.30. The van der Waals surface area contributed by atoms with Gasteiger partial charge in [-0.2, -0.15) is 0 Å². The number of carbonyl (C=O) groups excluding carboxylic acids is 1. The third kappa shape index (κ3) is 3.31. The summed E-state index contributed by atoms with van der Waals surface area (Å²) < 4.78 is 7.29. The average molecular weight is 317 g/mol. The molecule has 1 aliphatic heterocycles. The van der Waals surface area contributed by atoms with Crippen LogP contribution in [-0.2, 0) is 16.1 Å². The molecule has 0 aromatic carbocycles. The molecule has 0 aliphatic carbocycles. The fourth-order valence-corrected chi connectivity index (χ4v) is 2.73. The number of nitrogens with one attached hydrogen (secondary N) is 1. The van der Waals surface area contributed by atoms with E-state index < -0.39 is 0 Å². The lowest BCUT2D eigenvalue weighted by Gasteiger charge is -2.35. The number of imidazole rings is 1. The summed E-state index contributed by atoms with van der Waals surface area (Å²) in [5.41, 5.74) is 0.331. The third-order valence-corrected chi connectivity index (χ3v) is 3.90. The Morgan fingerprint density at radius 2 is 2.30 bits per heavy atom. The summed E-state index contributed by atoms with van der Waals surface area (Å²) in [6.07, 6.45) is 3.44. The van der Waals surface area contributed by atoms with Gasteiger partial charge in [0, 0.05) is 25.0 Å². The summed E-state index contributed by atoms with van der Waals surface area (Å²) in [5.74, 6) is 1.27. The molecule has 1 atom stereocenters. The lowest BCUT2D eigenvalue weighted by molar-refractivity contribution is -0.141. The molecule has 1 amide bonds. The van der Waals surface area contributed by atoms with Gasteiger partial charge in [-0.1, -0.05) is 0 Å². The van der Waals surface area contributed by atoms with Crippen molar-refractivity contribution in [1.29, 1.82) is 0 Å². The second kappa shape index (κ2) is 6.33. The Morgan fingerprint density at radius 1 is 1.48 bits per heavy atom. The van der Waals surface area contributed by atoms with Gasteiger partial charge < -0.3 is 19.2 Å². The van der Waals surface area contributed by atoms with Crippen LogP contribution in [0.25, 0.3) is 0 Å². The van der Waals surface area contributed by atoms with Crippen LogP contribution in [-0.4, -0.2) is 50.1 Å². The number of aromatic amines is 1. The fraction of sp³-hybridized carbons (Fsp3) is 0.467. The Kier molecular flexibility index (Phi) is 4.24. The highest BCUT2D eigenvalue weighted by atomic mass is 16.5. The Balaban J connectivity index is 1.85. The van der Waals surface area contributed by atoms with E-state index in [4.69, 9.17) is 4.74 Å². The van der Waals surface area contributed by atoms with E-state index in [1.165, 1.54) is 6.07 Å². The summed E-state index contributed by atoms with van der Waals surface area (Å²) in [7, 11) is 0. The maximum absolute atomic E-state index is 12.7. The molecule has 3 heterocycles. The number of morpholine rings is 1. The predicted octanol–water partition coefficient (Wildman–Crippen LogP) is 0.183. The van der Waals surface area contributed by atoms with Crippen LogP contribution >= 0.6 is 0 Å². The zero-order valence-electron chi connectivity index (χ0n) is 13.2. The first-order valence-electron chi connectivity index (χ1n) is 7.47. The van der Waals surface area contributed by atoms with Gasteiger partial charge in [-0.05, 0) is 13.8 Å². The summed E-state index contributed by atoms with van der Waals surface area (Å²) >= 11 is 0. The van der Waals surface area contributed by atoms with Crippen LogP contribution in [0.1, 0.15) is 23.4 Å². The second-order valence-electron chi connectivity index (χ2n) is 5.54. The van der Waals surface area contributed by atoms with E-state index in [0.717, 1.165) is 5.82 Å². The molecule has 0 bridgehead atoms. The van der Waals surface area contributed by atoms with E-state index in [0.29, 0.717) is 31.3 Å². The Bertz CT molecular complexity index is 766. The highest BCUT2D eigenvalue weighted by Crippen LogP contribution is 2.22. The van der Waals surface area contributed by atoms with E-state index in [9.17, 15) is 9.59 Å². The van der Waals surface area contributed by atoms with Gasteiger partial charge in [0.1, 0.15) is 18.2 Å². The van der Waals surface area contributed by atoms with E-state index in [-0.39, 0.29) is 24.1 Å². The number of amides is 1. The van der Waals surface area contributed by atoms with E-state index in [1.54, 1.807) is 28.8 Å². The zero-order chi connectivity index (χ0) is 16.4. The SMILES string of the molecule is Cc1nc(C2COCCN2C(=O)Cn2ccnc2C)cc(=O)[nH]1. The Labute approximate surface area is 133 Å². The van der Waals surface area contributed by atoms with Crippen molar-refractivity contribution in [2.75, 3.05) is 19.8 Å². The first kappa shape index (κ1) is 15.4. The van der Waals surface area contributed by atoms with Gasteiger partial charge in [-0.25, -0.2) is 9.97 Å². The standard InChI is InChI=1S/C15H19N5O3/c1-10-17-12(7-14(21)18-10)13-9-23-6-5-20(13)15(22)8-19-4-3-16-11(19)2/h3-4,7,13H,5-6,8-9H2,1-2H3,(H,17,18,21). The van der Waals surface area contributed by atoms with Gasteiger partial charge >= 0.3 is 0 Å². The molecule has 2 aromatic heterocycles. The van der Waals surface area contributed by atoms with Crippen molar-refractivity contribution < 1.29 is 9.53 Å². The van der Waals surface area contributed by atoms with Gasteiger partial charge in [0.25, 0.3) is 5.56 Å². The summed E-state index contributed by atoms with van der Waals surface area (Å²) in [4.78, 5) is 37.2. The number of aromatic nitrogens is 4. The summed E-state index contributed by atoms with van der Waals surface area (Å²) in [5, 5.41) is 0. The number of hydrogen-bond donors (Lipinski definition) is 1. The van der Waals surface area contributed by atoms with Crippen molar-refractivity contribution in [1.82, 2.24) is 24.4 Å². The van der Waals surface area contributed by atoms with Crippen LogP contribution in [0.5, 0.6) is 0 Å². The molecule has 0 spiro atoms. The van der Waals surface area contributed by atoms with Crippen molar-refractivity contribution in [2.45, 2.75) is 26.4 Å². The molecule has 1 N–H and O–H groups in total. The highest BCUT2D eigenvalue weighted by molar-refractivity contribution is 5.76. The third-order valence-electron chi connectivity index (χ3n) is 3.90. The van der Waals surface area contributed by atoms with Crippen molar-refractivity contribution >= 4 is 5.91 Å². The zero-order valence-corrected chi connectivity index (χ0v) is 13.2. The lowest BCUT2D eigenvalue weighted by Crippen LogP contribution is -2.45. The van der Waals surface area contributed by atoms with E-state index in [1.807, 2.05) is 6.92 Å². The van der Waals surface area contributed by atoms with Crippen molar-refractivity contribution in [3.05, 3.63) is 46.2 Å². The number of rotatable bonds is 3. The van der Waals surface area contributed by atoms with Crippen LogP contribution in [0, 0.1) is 13.8 Å². The van der Waals surface area contributed by atoms with Gasteiger partial charge in [0.05, 0.1) is 24.9 Å². The normalized spacial score (nSPS) is 18.2. The monoisotopic (exact) mass is 317 g/mol. The molecule has 1 unspecified atom stereocenters. The molecule has 1 saturated heterocycles. The molecule has 0 saturated carbocycles. The minimum absolute atomic E-state index is 0.0425. The molecule has 23 heavy (non-hydrogen) atoms. The van der Waals surface area contributed by atoms with Gasteiger partial charge in [0.2, 0.25) is 5.91 Å². The lowest BCUT2D eigenvalue weighted by atomic mass is 10.1. The molecule has 2 aromatic rings. The average Bonchev–Trinajstić information content (AvgIpc) is 2.91. The van der Waals surface area contributed by atoms with Crippen LogP contribution in [0.3, 0.4) is 0 Å². The van der Waals surface area contributed by atoms with Gasteiger partial charge in [0.15, 0.2) is 0 Å². The number of aryl methyl sites for hydroxylation is 2. The maximum Gasteiger partial charge on any atom is 0.251 e. The van der Waals surface area contributed by atoms with Gasteiger partial charge in [-0.15, -0.1) is 0 Å². The molecule has 0 radical (unpaired) electrons. The van der Waals surface area contributed by atoms with Crippen molar-refractivity contribution in [2.24, 2.45) is 0 Å². The minimum atomic E-state index is -0.346. The van der Waals surface area contributed by atoms with E-state index >= 15 is 0 Å². The summed E-state index contributed by atoms with van der Waals surface area (Å²) in [6, 6.07) is 1.08. The maximum atomic E-state index is 12.7. The Morgan fingerprint density at radius 3 is 3.00 bits per heavy atom. The van der Waals surface area contributed by atoms with Crippen LogP contribution in [0.2, 0.25) is 0 Å². The topological polar surface area (TPSA) is 93.1 Å². The minimum Gasteiger partial charge on any atom is -0.377 e. The Hall–Kier alpha value is -2.48. The van der Waals surface area contributed by atoms with Crippen LogP contribution < -0.4 is 5.56 Å². The number of carbonyl (C=O) groups is 1. The summed E-state index contributed by atoms with van der Waals surface area (Å²) in [6.45, 7) is 5.08. The molecule has 8 heteroatoms. The molecular weight excluding hydrogens is 298 g/mol. The number of H-pyrrole nitrogens is 1. The first-order chi connectivity index (χ1) is 11.0. The van der Waals surface area contributed by atoms with Crippen molar-refractivity contribution in [3.63, 3.8) is 0 Å². The van der Waals surface area contributed by atoms with Crippen LogP contribution in [0.4, 0.5) is 0 Å². The quantitative estimate of drug-likeness (QED) is 0.872. The molecule has 1 fully saturated rings. The number of ether oxygens (including phenoxy) is 1. The molecular formula is C15H19N5O3. The van der Waals surface area contributed by atoms with Gasteiger partial charge in [-0.3, -0.25) is 9.59 Å². The molecule has 8 nitrogen and oxygen atoms in total. The predicted molar refractivity (Wildman–Crippen MR) is 81.8 cm³/mol. The smallest absolute Gasteiger partial charge is 0.251 e. The molecule has 3 rings (SSSR count). The van der Waals surface area contributed by atoms with E-state index in [2.05, 4.69) is 15.0 Å². The first-order valence-corrected chi connectivity index (χ1v) is 7.47. The van der Waals surface area contributed by atoms with Crippen molar-refractivity contribution in [3.8, 4) is 0 Å². The molecule has 1 aliphatic rings. The number of nitrogens with zero attached hydrogens (tertiary/aromatic N) is 4.